The maximum absolute atomic E-state index is 12.2. The van der Waals surface area contributed by atoms with E-state index in [4.69, 9.17) is 13.8 Å². The molecule has 3 N–H and O–H groups in total. The zero-order valence-corrected chi connectivity index (χ0v) is 17.8. The number of aryl methyl sites for hydroxylation is 1. The van der Waals surface area contributed by atoms with E-state index in [1.807, 2.05) is 0 Å². The molecule has 0 spiro atoms. The lowest BCUT2D eigenvalue weighted by atomic mass is 10.1. The highest BCUT2D eigenvalue weighted by molar-refractivity contribution is 7.47. The molecule has 0 saturated carbocycles. The number of rotatable bonds is 12. The lowest BCUT2D eigenvalue weighted by Crippen LogP contribution is -2.33. The number of H-pyrrole nitrogens is 1. The number of unbranched alkanes of at least 4 members (excludes halogenated alkanes) is 5. The molecule has 2 heterocycles. The van der Waals surface area contributed by atoms with Crippen LogP contribution in [-0.4, -0.2) is 45.0 Å². The number of aromatic amines is 1. The predicted molar refractivity (Wildman–Crippen MR) is 106 cm³/mol. The van der Waals surface area contributed by atoms with Gasteiger partial charge in [-0.15, -0.1) is 0 Å². The lowest BCUT2D eigenvalue weighted by Gasteiger charge is -2.19. The molecule has 2 rings (SSSR count). The van der Waals surface area contributed by atoms with Crippen molar-refractivity contribution < 1.29 is 28.3 Å². The van der Waals surface area contributed by atoms with Gasteiger partial charge in [0.05, 0.1) is 13.2 Å². The average molecular weight is 434 g/mol. The summed E-state index contributed by atoms with van der Waals surface area (Å²) in [6.07, 6.45) is 4.75. The van der Waals surface area contributed by atoms with Crippen molar-refractivity contribution in [2.75, 3.05) is 13.2 Å². The quantitative estimate of drug-likeness (QED) is 0.335. The Hall–Kier alpha value is -1.29. The highest BCUT2D eigenvalue weighted by Crippen LogP contribution is 2.48. The molecule has 1 unspecified atom stereocenters. The van der Waals surface area contributed by atoms with Gasteiger partial charge < -0.3 is 14.7 Å². The van der Waals surface area contributed by atoms with Crippen LogP contribution in [0.5, 0.6) is 0 Å². The van der Waals surface area contributed by atoms with Gasteiger partial charge in [-0.2, -0.15) is 0 Å². The fraction of sp³-hybridized carbons (Fsp3) is 0.778. The lowest BCUT2D eigenvalue weighted by molar-refractivity contribution is -0.0464. The number of phosphoric ester groups is 1. The zero-order chi connectivity index (χ0) is 21.4. The van der Waals surface area contributed by atoms with Crippen molar-refractivity contribution in [3.8, 4) is 0 Å². The summed E-state index contributed by atoms with van der Waals surface area (Å²) >= 11 is 0. The number of aliphatic hydroxyl groups excluding tert-OH is 1. The first-order valence-corrected chi connectivity index (χ1v) is 11.5. The van der Waals surface area contributed by atoms with Crippen LogP contribution in [-0.2, 0) is 18.3 Å². The maximum atomic E-state index is 12.2. The van der Waals surface area contributed by atoms with Crippen LogP contribution in [0.15, 0.2) is 15.8 Å². The SMILES string of the molecule is CCCCCCCCOP(=O)(O)O[C@H]1C[C@H](n2cc(C)c(=O)[nH]c2=O)O[C@@H]1CO. The molecule has 4 atom stereocenters. The standard InChI is InChI=1S/C18H31N2O8P/c1-3-4-5-6-7-8-9-26-29(24,25)28-14-10-16(27-15(14)12-21)20-11-13(2)17(22)19-18(20)23/h11,14-16,21H,3-10,12H2,1-2H3,(H,24,25)(H,19,22,23)/t14-,15+,16+/m0/s1. The Morgan fingerprint density at radius 1 is 1.28 bits per heavy atom. The molecule has 1 saturated heterocycles. The topological polar surface area (TPSA) is 140 Å². The summed E-state index contributed by atoms with van der Waals surface area (Å²) in [5, 5.41) is 9.52. The van der Waals surface area contributed by atoms with E-state index in [2.05, 4.69) is 11.9 Å². The van der Waals surface area contributed by atoms with Gasteiger partial charge in [0.2, 0.25) is 0 Å². The van der Waals surface area contributed by atoms with Gasteiger partial charge in [0.1, 0.15) is 18.4 Å². The molecule has 1 aliphatic rings. The van der Waals surface area contributed by atoms with E-state index in [0.717, 1.165) is 25.7 Å². The van der Waals surface area contributed by atoms with Crippen molar-refractivity contribution in [3.05, 3.63) is 32.6 Å². The predicted octanol–water partition coefficient (Wildman–Crippen LogP) is 1.99. The minimum atomic E-state index is -4.34. The van der Waals surface area contributed by atoms with Crippen LogP contribution < -0.4 is 11.2 Å². The van der Waals surface area contributed by atoms with Gasteiger partial charge in [-0.3, -0.25) is 23.4 Å². The molecule has 0 bridgehead atoms. The number of nitrogens with one attached hydrogen (secondary N) is 1. The second-order valence-corrected chi connectivity index (χ2v) is 8.65. The molecule has 29 heavy (non-hydrogen) atoms. The minimum Gasteiger partial charge on any atom is -0.394 e. The molecule has 1 fully saturated rings. The first kappa shape index (κ1) is 24.0. The number of ether oxygens (including phenoxy) is 1. The Morgan fingerprint density at radius 3 is 2.66 bits per heavy atom. The summed E-state index contributed by atoms with van der Waals surface area (Å²) in [5.41, 5.74) is -0.860. The fourth-order valence-electron chi connectivity index (χ4n) is 3.21. The van der Waals surface area contributed by atoms with Crippen LogP contribution in [0.2, 0.25) is 0 Å². The molecule has 1 aliphatic heterocycles. The largest absolute Gasteiger partial charge is 0.472 e. The highest BCUT2D eigenvalue weighted by atomic mass is 31.2. The number of aliphatic hydroxyl groups is 1. The van der Waals surface area contributed by atoms with Crippen molar-refractivity contribution >= 4 is 7.82 Å². The summed E-state index contributed by atoms with van der Waals surface area (Å²) in [7, 11) is -4.34. The third-order valence-electron chi connectivity index (χ3n) is 4.84. The van der Waals surface area contributed by atoms with E-state index in [9.17, 15) is 24.2 Å². The van der Waals surface area contributed by atoms with Gasteiger partial charge in [0.25, 0.3) is 5.56 Å². The molecule has 1 aromatic rings. The molecule has 10 nitrogen and oxygen atoms in total. The molecule has 166 valence electrons. The Kier molecular flexibility index (Phi) is 9.26. The van der Waals surface area contributed by atoms with Gasteiger partial charge in [-0.1, -0.05) is 39.0 Å². The van der Waals surface area contributed by atoms with Crippen LogP contribution in [0.1, 0.15) is 63.7 Å². The van der Waals surface area contributed by atoms with Crippen LogP contribution >= 0.6 is 7.82 Å². The summed E-state index contributed by atoms with van der Waals surface area (Å²) in [5.74, 6) is 0. The van der Waals surface area contributed by atoms with Crippen molar-refractivity contribution in [3.63, 3.8) is 0 Å². The molecule has 0 amide bonds. The van der Waals surface area contributed by atoms with Crippen LogP contribution in [0.25, 0.3) is 0 Å². The van der Waals surface area contributed by atoms with E-state index < -0.39 is 44.1 Å². The van der Waals surface area contributed by atoms with Crippen molar-refractivity contribution in [1.29, 1.82) is 0 Å². The van der Waals surface area contributed by atoms with Crippen molar-refractivity contribution in [1.82, 2.24) is 9.55 Å². The van der Waals surface area contributed by atoms with Gasteiger partial charge in [0, 0.05) is 18.2 Å². The third-order valence-corrected chi connectivity index (χ3v) is 5.88. The van der Waals surface area contributed by atoms with E-state index in [1.165, 1.54) is 17.2 Å². The molecule has 11 heteroatoms. The van der Waals surface area contributed by atoms with Gasteiger partial charge in [0.15, 0.2) is 0 Å². The minimum absolute atomic E-state index is 0.0432. The normalized spacial score (nSPS) is 23.9. The zero-order valence-electron chi connectivity index (χ0n) is 16.9. The number of nitrogens with zero attached hydrogens (tertiary/aromatic N) is 1. The highest BCUT2D eigenvalue weighted by Gasteiger charge is 2.41. The summed E-state index contributed by atoms with van der Waals surface area (Å²) in [4.78, 5) is 35.7. The maximum Gasteiger partial charge on any atom is 0.472 e. The number of phosphoric acid groups is 1. The molecular weight excluding hydrogens is 403 g/mol. The van der Waals surface area contributed by atoms with Crippen molar-refractivity contribution in [2.45, 2.75) is 77.2 Å². The summed E-state index contributed by atoms with van der Waals surface area (Å²) in [6.45, 7) is 3.31. The third kappa shape index (κ3) is 7.16. The van der Waals surface area contributed by atoms with Crippen molar-refractivity contribution in [2.24, 2.45) is 0 Å². The van der Waals surface area contributed by atoms with Gasteiger partial charge in [-0.25, -0.2) is 9.36 Å². The smallest absolute Gasteiger partial charge is 0.394 e. The van der Waals surface area contributed by atoms with Gasteiger partial charge >= 0.3 is 13.5 Å². The molecule has 0 aromatic carbocycles. The van der Waals surface area contributed by atoms with E-state index >= 15 is 0 Å². The average Bonchev–Trinajstić information content (AvgIpc) is 3.05. The number of hydrogen-bond acceptors (Lipinski definition) is 7. The molecular formula is C18H31N2O8P. The van der Waals surface area contributed by atoms with Crippen LogP contribution in [0.4, 0.5) is 0 Å². The summed E-state index contributed by atoms with van der Waals surface area (Å²) < 4.78 is 29.2. The Labute approximate surface area is 169 Å². The number of aromatic nitrogens is 2. The van der Waals surface area contributed by atoms with Gasteiger partial charge in [-0.05, 0) is 13.3 Å². The molecule has 1 aromatic heterocycles. The van der Waals surface area contributed by atoms with Crippen LogP contribution in [0.3, 0.4) is 0 Å². The first-order valence-electron chi connectivity index (χ1n) is 10.0. The van der Waals surface area contributed by atoms with E-state index in [1.54, 1.807) is 6.92 Å². The Balaban J connectivity index is 1.91. The van der Waals surface area contributed by atoms with E-state index in [0.29, 0.717) is 12.0 Å². The number of hydrogen-bond donors (Lipinski definition) is 3. The fourth-order valence-corrected chi connectivity index (χ4v) is 4.19. The second kappa shape index (κ2) is 11.2. The monoisotopic (exact) mass is 434 g/mol. The molecule has 0 aliphatic carbocycles. The Bertz CT molecular complexity index is 808. The summed E-state index contributed by atoms with van der Waals surface area (Å²) in [6, 6.07) is 0. The van der Waals surface area contributed by atoms with E-state index in [-0.39, 0.29) is 13.0 Å². The second-order valence-electron chi connectivity index (χ2n) is 7.24. The Morgan fingerprint density at radius 2 is 1.97 bits per heavy atom. The van der Waals surface area contributed by atoms with Crippen LogP contribution in [0, 0.1) is 6.92 Å². The molecule has 0 radical (unpaired) electrons. The first-order chi connectivity index (χ1) is 13.8.